The average molecular weight is 238 g/mol. The third-order valence-corrected chi connectivity index (χ3v) is 3.83. The summed E-state index contributed by atoms with van der Waals surface area (Å²) in [5.41, 5.74) is 0. The van der Waals surface area contributed by atoms with Crippen LogP contribution in [0.15, 0.2) is 0 Å². The van der Waals surface area contributed by atoms with Crippen LogP contribution in [-0.4, -0.2) is 47.3 Å². The van der Waals surface area contributed by atoms with Crippen LogP contribution in [-0.2, 0) is 9.59 Å². The number of piperidine rings is 1. The summed E-state index contributed by atoms with van der Waals surface area (Å²) in [7, 11) is 0. The average Bonchev–Trinajstić information content (AvgIpc) is 3.10. The molecule has 2 amide bonds. The van der Waals surface area contributed by atoms with Crippen LogP contribution in [0.4, 0.5) is 0 Å². The second-order valence-electron chi connectivity index (χ2n) is 5.44. The Morgan fingerprint density at radius 1 is 1.18 bits per heavy atom. The molecule has 0 aromatic heterocycles. The van der Waals surface area contributed by atoms with Crippen molar-refractivity contribution < 1.29 is 9.59 Å². The van der Waals surface area contributed by atoms with E-state index in [4.69, 9.17) is 0 Å². The van der Waals surface area contributed by atoms with E-state index in [0.717, 1.165) is 44.7 Å². The molecule has 2 fully saturated rings. The lowest BCUT2D eigenvalue weighted by Gasteiger charge is -2.32. The minimum atomic E-state index is 0.0335. The van der Waals surface area contributed by atoms with Crippen molar-refractivity contribution in [3.05, 3.63) is 0 Å². The predicted octanol–water partition coefficient (Wildman–Crippen LogP) is 1.26. The summed E-state index contributed by atoms with van der Waals surface area (Å²) in [6.45, 7) is 5.79. The first kappa shape index (κ1) is 12.4. The Kier molecular flexibility index (Phi) is 3.69. The monoisotopic (exact) mass is 238 g/mol. The molecule has 0 aromatic carbocycles. The summed E-state index contributed by atoms with van der Waals surface area (Å²) < 4.78 is 0. The number of likely N-dealkylation sites (tertiary alicyclic amines) is 1. The molecular weight excluding hydrogens is 216 g/mol. The van der Waals surface area contributed by atoms with Crippen molar-refractivity contribution in [1.29, 1.82) is 0 Å². The Morgan fingerprint density at radius 3 is 2.24 bits per heavy atom. The number of rotatable bonds is 3. The second-order valence-corrected chi connectivity index (χ2v) is 5.44. The van der Waals surface area contributed by atoms with E-state index in [1.54, 1.807) is 11.8 Å². The zero-order valence-electron chi connectivity index (χ0n) is 10.8. The number of hydrogen-bond acceptors (Lipinski definition) is 2. The topological polar surface area (TPSA) is 40.6 Å². The maximum atomic E-state index is 12.1. The normalized spacial score (nSPS) is 21.4. The summed E-state index contributed by atoms with van der Waals surface area (Å²) in [5.74, 6) is 0.886. The molecule has 96 valence electrons. The second kappa shape index (κ2) is 5.07. The van der Waals surface area contributed by atoms with Gasteiger partial charge in [0.2, 0.25) is 11.8 Å². The Labute approximate surface area is 103 Å². The molecular formula is C13H22N2O2. The van der Waals surface area contributed by atoms with E-state index in [9.17, 15) is 9.59 Å². The first-order chi connectivity index (χ1) is 8.08. The van der Waals surface area contributed by atoms with Crippen molar-refractivity contribution in [2.75, 3.05) is 19.6 Å². The Morgan fingerprint density at radius 2 is 1.76 bits per heavy atom. The minimum Gasteiger partial charge on any atom is -0.341 e. The lowest BCUT2D eigenvalue weighted by Crippen LogP contribution is -2.45. The minimum absolute atomic E-state index is 0.0335. The van der Waals surface area contributed by atoms with Gasteiger partial charge < -0.3 is 9.80 Å². The summed E-state index contributed by atoms with van der Waals surface area (Å²) >= 11 is 0. The van der Waals surface area contributed by atoms with E-state index in [1.807, 2.05) is 4.90 Å². The summed E-state index contributed by atoms with van der Waals surface area (Å²) in [5, 5.41) is 0. The van der Waals surface area contributed by atoms with E-state index < -0.39 is 0 Å². The molecule has 2 aliphatic rings. The highest BCUT2D eigenvalue weighted by molar-refractivity contribution is 5.84. The van der Waals surface area contributed by atoms with E-state index >= 15 is 0 Å². The van der Waals surface area contributed by atoms with Crippen molar-refractivity contribution in [3.8, 4) is 0 Å². The number of carbonyl (C=O) groups is 2. The van der Waals surface area contributed by atoms with Crippen LogP contribution in [0.5, 0.6) is 0 Å². The van der Waals surface area contributed by atoms with E-state index in [2.05, 4.69) is 6.92 Å². The Hall–Kier alpha value is -1.06. The molecule has 1 aliphatic carbocycles. The highest BCUT2D eigenvalue weighted by atomic mass is 16.2. The molecule has 17 heavy (non-hydrogen) atoms. The number of amides is 2. The molecule has 1 saturated carbocycles. The Bertz CT molecular complexity index is 305. The molecule has 0 spiro atoms. The van der Waals surface area contributed by atoms with E-state index in [1.165, 1.54) is 0 Å². The van der Waals surface area contributed by atoms with Crippen molar-refractivity contribution in [3.63, 3.8) is 0 Å². The number of carbonyl (C=O) groups excluding carboxylic acids is 2. The largest absolute Gasteiger partial charge is 0.341 e. The van der Waals surface area contributed by atoms with Crippen LogP contribution in [0.2, 0.25) is 0 Å². The lowest BCUT2D eigenvalue weighted by molar-refractivity contribution is -0.140. The quantitative estimate of drug-likeness (QED) is 0.742. The van der Waals surface area contributed by atoms with Gasteiger partial charge in [0, 0.05) is 26.1 Å². The van der Waals surface area contributed by atoms with Gasteiger partial charge in [0.15, 0.2) is 0 Å². The third-order valence-electron chi connectivity index (χ3n) is 3.83. The van der Waals surface area contributed by atoms with Crippen molar-refractivity contribution in [1.82, 2.24) is 9.80 Å². The lowest BCUT2D eigenvalue weighted by atomic mass is 9.99. The van der Waals surface area contributed by atoms with Gasteiger partial charge >= 0.3 is 0 Å². The molecule has 1 saturated heterocycles. The van der Waals surface area contributed by atoms with Crippen molar-refractivity contribution in [2.45, 2.75) is 45.6 Å². The van der Waals surface area contributed by atoms with Crippen LogP contribution in [0, 0.1) is 5.92 Å². The molecule has 0 bridgehead atoms. The molecule has 0 radical (unpaired) electrons. The molecule has 4 heteroatoms. The third kappa shape index (κ3) is 3.20. The highest BCUT2D eigenvalue weighted by Crippen LogP contribution is 2.27. The van der Waals surface area contributed by atoms with Crippen LogP contribution in [0.1, 0.15) is 39.5 Å². The zero-order valence-corrected chi connectivity index (χ0v) is 10.8. The number of hydrogen-bond donors (Lipinski definition) is 0. The SMILES string of the molecule is CC(=O)N(CC(=O)N1CCC(C)CC1)C1CC1. The fraction of sp³-hybridized carbons (Fsp3) is 0.846. The molecule has 2 rings (SSSR count). The fourth-order valence-electron chi connectivity index (χ4n) is 2.39. The molecule has 0 unspecified atom stereocenters. The van der Waals surface area contributed by atoms with E-state index in [-0.39, 0.29) is 18.4 Å². The first-order valence-corrected chi connectivity index (χ1v) is 6.63. The zero-order chi connectivity index (χ0) is 12.4. The van der Waals surface area contributed by atoms with Crippen LogP contribution >= 0.6 is 0 Å². The van der Waals surface area contributed by atoms with Gasteiger partial charge in [-0.05, 0) is 31.6 Å². The molecule has 1 aliphatic heterocycles. The fourth-order valence-corrected chi connectivity index (χ4v) is 2.39. The standard InChI is InChI=1S/C13H22N2O2/c1-10-5-7-14(8-6-10)13(17)9-15(11(2)16)12-3-4-12/h10,12H,3-9H2,1-2H3. The van der Waals surface area contributed by atoms with Gasteiger partial charge in [0.05, 0.1) is 6.54 Å². The molecule has 0 N–H and O–H groups in total. The maximum absolute atomic E-state index is 12.1. The number of nitrogens with zero attached hydrogens (tertiary/aromatic N) is 2. The van der Waals surface area contributed by atoms with Gasteiger partial charge in [-0.3, -0.25) is 9.59 Å². The Balaban J connectivity index is 1.85. The predicted molar refractivity (Wildman–Crippen MR) is 65.4 cm³/mol. The van der Waals surface area contributed by atoms with Gasteiger partial charge in [-0.1, -0.05) is 6.92 Å². The summed E-state index contributed by atoms with van der Waals surface area (Å²) in [6.07, 6.45) is 4.30. The molecule has 1 heterocycles. The van der Waals surface area contributed by atoms with Crippen LogP contribution < -0.4 is 0 Å². The van der Waals surface area contributed by atoms with Gasteiger partial charge in [0.1, 0.15) is 0 Å². The van der Waals surface area contributed by atoms with Gasteiger partial charge in [-0.15, -0.1) is 0 Å². The van der Waals surface area contributed by atoms with Crippen molar-refractivity contribution in [2.24, 2.45) is 5.92 Å². The van der Waals surface area contributed by atoms with Gasteiger partial charge in [0.25, 0.3) is 0 Å². The smallest absolute Gasteiger partial charge is 0.242 e. The van der Waals surface area contributed by atoms with E-state index in [0.29, 0.717) is 6.04 Å². The maximum Gasteiger partial charge on any atom is 0.242 e. The van der Waals surface area contributed by atoms with Crippen molar-refractivity contribution >= 4 is 11.8 Å². The van der Waals surface area contributed by atoms with Crippen LogP contribution in [0.3, 0.4) is 0 Å². The summed E-state index contributed by atoms with van der Waals surface area (Å²) in [6, 6.07) is 0.333. The highest BCUT2D eigenvalue weighted by Gasteiger charge is 2.33. The van der Waals surface area contributed by atoms with Gasteiger partial charge in [-0.25, -0.2) is 0 Å². The summed E-state index contributed by atoms with van der Waals surface area (Å²) in [4.78, 5) is 27.2. The van der Waals surface area contributed by atoms with Crippen LogP contribution in [0.25, 0.3) is 0 Å². The molecule has 0 atom stereocenters. The first-order valence-electron chi connectivity index (χ1n) is 6.63. The van der Waals surface area contributed by atoms with Gasteiger partial charge in [-0.2, -0.15) is 0 Å². The molecule has 0 aromatic rings. The molecule has 4 nitrogen and oxygen atoms in total.